The molecule has 3 nitrogen and oxygen atoms in total. The van der Waals surface area contributed by atoms with Gasteiger partial charge in [0.25, 0.3) is 0 Å². The summed E-state index contributed by atoms with van der Waals surface area (Å²) in [5.74, 6) is 1.52. The van der Waals surface area contributed by atoms with Gasteiger partial charge in [0, 0.05) is 23.5 Å². The van der Waals surface area contributed by atoms with Crippen molar-refractivity contribution in [1.82, 2.24) is 4.90 Å². The molecule has 1 aliphatic heterocycles. The number of hydrogen-bond acceptors (Lipinski definition) is 1. The Balaban J connectivity index is 0.00000176. The first-order valence-electron chi connectivity index (χ1n) is 7.91. The lowest BCUT2D eigenvalue weighted by molar-refractivity contribution is 0.277. The minimum absolute atomic E-state index is 0. The summed E-state index contributed by atoms with van der Waals surface area (Å²) in [5, 5.41) is 0.857. The van der Waals surface area contributed by atoms with Gasteiger partial charge in [-0.1, -0.05) is 36.7 Å². The van der Waals surface area contributed by atoms with E-state index in [9.17, 15) is 0 Å². The zero-order valence-electron chi connectivity index (χ0n) is 13.1. The van der Waals surface area contributed by atoms with Crippen molar-refractivity contribution in [2.45, 2.75) is 38.0 Å². The van der Waals surface area contributed by atoms with Crippen molar-refractivity contribution in [2.75, 3.05) is 19.6 Å². The monoisotopic (exact) mass is 433 g/mol. The number of rotatable bonds is 3. The highest BCUT2D eigenvalue weighted by Gasteiger charge is 2.45. The van der Waals surface area contributed by atoms with Gasteiger partial charge < -0.3 is 10.6 Å². The number of hydrogen-bond donors (Lipinski definition) is 1. The highest BCUT2D eigenvalue weighted by atomic mass is 127. The molecule has 1 saturated carbocycles. The van der Waals surface area contributed by atoms with Gasteiger partial charge in [-0.05, 0) is 43.2 Å². The van der Waals surface area contributed by atoms with E-state index in [1.165, 1.54) is 18.4 Å². The van der Waals surface area contributed by atoms with E-state index >= 15 is 0 Å². The molecule has 2 N–H and O–H groups in total. The maximum absolute atomic E-state index is 6.34. The lowest BCUT2D eigenvalue weighted by Crippen LogP contribution is -2.42. The molecule has 1 heterocycles. The molecule has 3 rings (SSSR count). The lowest BCUT2D eigenvalue weighted by atomic mass is 9.96. The normalized spacial score (nSPS) is 21.4. The third-order valence-electron chi connectivity index (χ3n) is 4.95. The van der Waals surface area contributed by atoms with Crippen LogP contribution in [0.15, 0.2) is 29.3 Å². The molecule has 1 aromatic carbocycles. The predicted octanol–water partition coefficient (Wildman–Crippen LogP) is 4.04. The molecule has 2 aliphatic rings. The van der Waals surface area contributed by atoms with Crippen molar-refractivity contribution < 1.29 is 0 Å². The number of nitrogens with two attached hydrogens (primary N) is 1. The molecular weight excluding hydrogens is 409 g/mol. The van der Waals surface area contributed by atoms with Gasteiger partial charge in [-0.3, -0.25) is 4.99 Å². The minimum atomic E-state index is 0. The fourth-order valence-corrected chi connectivity index (χ4v) is 3.46. The van der Waals surface area contributed by atoms with Crippen LogP contribution in [0.5, 0.6) is 0 Å². The largest absolute Gasteiger partial charge is 0.370 e. The van der Waals surface area contributed by atoms with Gasteiger partial charge in [0.05, 0.1) is 6.54 Å². The summed E-state index contributed by atoms with van der Waals surface area (Å²) in [4.78, 5) is 6.91. The first-order chi connectivity index (χ1) is 10.1. The number of piperidine rings is 1. The maximum Gasteiger partial charge on any atom is 0.191 e. The van der Waals surface area contributed by atoms with Gasteiger partial charge in [-0.25, -0.2) is 0 Å². The Morgan fingerprint density at radius 2 is 1.95 bits per heavy atom. The number of guanidine groups is 1. The van der Waals surface area contributed by atoms with E-state index in [-0.39, 0.29) is 29.4 Å². The summed E-state index contributed by atoms with van der Waals surface area (Å²) < 4.78 is 0. The summed E-state index contributed by atoms with van der Waals surface area (Å²) in [6.07, 6.45) is 4.74. The summed E-state index contributed by atoms with van der Waals surface area (Å²) in [5.41, 5.74) is 7.55. The van der Waals surface area contributed by atoms with Crippen LogP contribution in [0.25, 0.3) is 0 Å². The van der Waals surface area contributed by atoms with Crippen molar-refractivity contribution in [1.29, 1.82) is 0 Å². The summed E-state index contributed by atoms with van der Waals surface area (Å²) >= 11 is 6.34. The van der Waals surface area contributed by atoms with E-state index in [0.29, 0.717) is 5.96 Å². The van der Waals surface area contributed by atoms with Crippen molar-refractivity contribution in [3.63, 3.8) is 0 Å². The number of aliphatic imine (C=N–C) groups is 1. The van der Waals surface area contributed by atoms with Crippen molar-refractivity contribution in [3.05, 3.63) is 34.9 Å². The molecule has 0 radical (unpaired) electrons. The van der Waals surface area contributed by atoms with E-state index in [2.05, 4.69) is 28.9 Å². The van der Waals surface area contributed by atoms with E-state index in [4.69, 9.17) is 17.3 Å². The van der Waals surface area contributed by atoms with Crippen LogP contribution in [0.2, 0.25) is 5.02 Å². The van der Waals surface area contributed by atoms with Crippen LogP contribution in [-0.2, 0) is 5.41 Å². The molecule has 1 saturated heterocycles. The smallest absolute Gasteiger partial charge is 0.191 e. The fraction of sp³-hybridized carbons (Fsp3) is 0.588. The topological polar surface area (TPSA) is 41.6 Å². The van der Waals surface area contributed by atoms with Crippen LogP contribution in [0.3, 0.4) is 0 Å². The SMILES string of the molecule is CC1CCN(C(N)=NCC2(c3ccccc3Cl)CC2)CC1.I. The number of benzene rings is 1. The maximum atomic E-state index is 6.34. The van der Waals surface area contributed by atoms with E-state index in [0.717, 1.165) is 43.4 Å². The molecule has 1 aromatic rings. The molecule has 0 bridgehead atoms. The number of halogens is 2. The van der Waals surface area contributed by atoms with Crippen LogP contribution in [-0.4, -0.2) is 30.5 Å². The second-order valence-corrected chi connectivity index (χ2v) is 7.01. The molecule has 1 aliphatic carbocycles. The first-order valence-corrected chi connectivity index (χ1v) is 8.28. The Kier molecular flexibility index (Phi) is 6.00. The quantitative estimate of drug-likeness (QED) is 0.444. The number of likely N-dealkylation sites (tertiary alicyclic amines) is 1. The van der Waals surface area contributed by atoms with Crippen molar-refractivity contribution in [2.24, 2.45) is 16.6 Å². The highest BCUT2D eigenvalue weighted by molar-refractivity contribution is 14.0. The van der Waals surface area contributed by atoms with Gasteiger partial charge in [-0.2, -0.15) is 0 Å². The Hall–Kier alpha value is -0.490. The molecule has 0 spiro atoms. The third-order valence-corrected chi connectivity index (χ3v) is 5.28. The van der Waals surface area contributed by atoms with Crippen LogP contribution >= 0.6 is 35.6 Å². The molecule has 5 heteroatoms. The van der Waals surface area contributed by atoms with Crippen LogP contribution in [0.1, 0.15) is 38.2 Å². The first kappa shape index (κ1) is 17.9. The van der Waals surface area contributed by atoms with Crippen LogP contribution < -0.4 is 5.73 Å². The Morgan fingerprint density at radius 3 is 2.55 bits per heavy atom. The van der Waals surface area contributed by atoms with Crippen molar-refractivity contribution in [3.8, 4) is 0 Å². The predicted molar refractivity (Wildman–Crippen MR) is 104 cm³/mol. The third kappa shape index (κ3) is 3.88. The zero-order valence-corrected chi connectivity index (χ0v) is 16.2. The number of nitrogens with zero attached hydrogens (tertiary/aromatic N) is 2. The zero-order chi connectivity index (χ0) is 14.9. The lowest BCUT2D eigenvalue weighted by Gasteiger charge is -2.31. The molecule has 0 amide bonds. The van der Waals surface area contributed by atoms with Crippen molar-refractivity contribution >= 4 is 41.5 Å². The average Bonchev–Trinajstić information content (AvgIpc) is 3.27. The molecule has 22 heavy (non-hydrogen) atoms. The van der Waals surface area contributed by atoms with Gasteiger partial charge in [-0.15, -0.1) is 24.0 Å². The standard InChI is InChI=1S/C17H24ClN3.HI/c1-13-6-10-21(11-7-13)16(19)20-12-17(8-9-17)14-4-2-3-5-15(14)18;/h2-5,13H,6-12H2,1H3,(H2,19,20);1H. The summed E-state index contributed by atoms with van der Waals surface area (Å²) in [6.45, 7) is 5.14. The van der Waals surface area contributed by atoms with Gasteiger partial charge in [0.2, 0.25) is 0 Å². The van der Waals surface area contributed by atoms with Crippen LogP contribution in [0.4, 0.5) is 0 Å². The average molecular weight is 434 g/mol. The second-order valence-electron chi connectivity index (χ2n) is 6.60. The second kappa shape index (κ2) is 7.39. The molecular formula is C17H25ClIN3. The Labute approximate surface area is 155 Å². The Bertz CT molecular complexity index is 534. The molecule has 0 atom stereocenters. The Morgan fingerprint density at radius 1 is 1.32 bits per heavy atom. The molecule has 2 fully saturated rings. The minimum Gasteiger partial charge on any atom is -0.370 e. The van der Waals surface area contributed by atoms with E-state index in [1.807, 2.05) is 12.1 Å². The van der Waals surface area contributed by atoms with E-state index < -0.39 is 0 Å². The van der Waals surface area contributed by atoms with Gasteiger partial charge in [0.1, 0.15) is 0 Å². The van der Waals surface area contributed by atoms with Crippen LogP contribution in [0, 0.1) is 5.92 Å². The van der Waals surface area contributed by atoms with Gasteiger partial charge in [0.15, 0.2) is 5.96 Å². The fourth-order valence-electron chi connectivity index (χ4n) is 3.12. The summed E-state index contributed by atoms with van der Waals surface area (Å²) in [7, 11) is 0. The highest BCUT2D eigenvalue weighted by Crippen LogP contribution is 2.50. The molecule has 0 unspecified atom stereocenters. The van der Waals surface area contributed by atoms with E-state index in [1.54, 1.807) is 0 Å². The molecule has 122 valence electrons. The molecule has 0 aromatic heterocycles. The van der Waals surface area contributed by atoms with Gasteiger partial charge >= 0.3 is 0 Å². The summed E-state index contributed by atoms with van der Waals surface area (Å²) in [6, 6.07) is 8.13.